The number of ether oxygens (including phenoxy) is 2. The van der Waals surface area contributed by atoms with Gasteiger partial charge in [-0.1, -0.05) is 34.8 Å². The maximum atomic E-state index is 13.2. The van der Waals surface area contributed by atoms with Gasteiger partial charge in [0.2, 0.25) is 5.91 Å². The van der Waals surface area contributed by atoms with Crippen LogP contribution in [0.4, 0.5) is 21.9 Å². The molecule has 222 valence electrons. The molecule has 1 aliphatic rings. The average Bonchev–Trinajstić information content (AvgIpc) is 3.45. The number of anilines is 3. The van der Waals surface area contributed by atoms with Gasteiger partial charge in [0.05, 0.1) is 29.3 Å². The SMILES string of the molecule is COc1ccc(NC(=O)c2cc(NC(=O)[C@H]3[C@H](c4cc(Cl)cc(Cl)c4)C3(Cl)Cl)ccc2Cl)cc1NC(=O)OC(C)(C)C. The molecule has 0 aliphatic heterocycles. The molecule has 42 heavy (non-hydrogen) atoms. The number of nitrogens with one attached hydrogen (secondary N) is 3. The molecule has 3 aromatic carbocycles. The summed E-state index contributed by atoms with van der Waals surface area (Å²) >= 11 is 31.5. The quantitative estimate of drug-likeness (QED) is 0.218. The van der Waals surface area contributed by atoms with Gasteiger partial charge in [-0.25, -0.2) is 4.79 Å². The number of carbonyl (C=O) groups excluding carboxylic acids is 3. The van der Waals surface area contributed by atoms with Crippen molar-refractivity contribution in [1.29, 1.82) is 0 Å². The van der Waals surface area contributed by atoms with Crippen LogP contribution in [0, 0.1) is 5.92 Å². The van der Waals surface area contributed by atoms with Crippen molar-refractivity contribution < 1.29 is 23.9 Å². The Morgan fingerprint density at radius 2 is 1.45 bits per heavy atom. The Hall–Kier alpha value is -2.88. The Kier molecular flexibility index (Phi) is 9.45. The van der Waals surface area contributed by atoms with E-state index in [1.165, 1.54) is 25.3 Å². The van der Waals surface area contributed by atoms with E-state index in [0.717, 1.165) is 0 Å². The average molecular weight is 674 g/mol. The van der Waals surface area contributed by atoms with Gasteiger partial charge in [-0.05, 0) is 80.9 Å². The molecule has 0 radical (unpaired) electrons. The van der Waals surface area contributed by atoms with E-state index in [-0.39, 0.29) is 16.3 Å². The van der Waals surface area contributed by atoms with E-state index in [1.807, 2.05) is 0 Å². The van der Waals surface area contributed by atoms with Crippen molar-refractivity contribution >= 4 is 93.0 Å². The molecule has 1 fully saturated rings. The highest BCUT2D eigenvalue weighted by atomic mass is 35.5. The van der Waals surface area contributed by atoms with Gasteiger partial charge in [0.1, 0.15) is 15.7 Å². The van der Waals surface area contributed by atoms with Crippen LogP contribution in [-0.4, -0.2) is 35.0 Å². The van der Waals surface area contributed by atoms with Crippen LogP contribution in [0.3, 0.4) is 0 Å². The number of amides is 3. The van der Waals surface area contributed by atoms with E-state index in [0.29, 0.717) is 32.7 Å². The smallest absolute Gasteiger partial charge is 0.412 e. The molecular weight excluding hydrogens is 648 g/mol. The van der Waals surface area contributed by atoms with E-state index < -0.39 is 39.7 Å². The third-order valence-corrected chi connectivity index (χ3v) is 7.86. The molecule has 8 nitrogen and oxygen atoms in total. The first-order valence-corrected chi connectivity index (χ1v) is 14.4. The zero-order chi connectivity index (χ0) is 31.0. The molecule has 3 amide bonds. The molecule has 0 aromatic heterocycles. The summed E-state index contributed by atoms with van der Waals surface area (Å²) in [7, 11) is 1.44. The predicted octanol–water partition coefficient (Wildman–Crippen LogP) is 8.78. The predicted molar refractivity (Wildman–Crippen MR) is 168 cm³/mol. The van der Waals surface area contributed by atoms with E-state index >= 15 is 0 Å². The fourth-order valence-electron chi connectivity index (χ4n) is 4.31. The molecule has 0 bridgehead atoms. The van der Waals surface area contributed by atoms with Crippen LogP contribution in [0.15, 0.2) is 54.6 Å². The summed E-state index contributed by atoms with van der Waals surface area (Å²) in [6.07, 6.45) is -0.690. The molecule has 0 saturated heterocycles. The van der Waals surface area contributed by atoms with Gasteiger partial charge < -0.3 is 20.1 Å². The van der Waals surface area contributed by atoms with Gasteiger partial charge in [0.15, 0.2) is 0 Å². The first-order valence-electron chi connectivity index (χ1n) is 12.5. The number of rotatable bonds is 7. The Morgan fingerprint density at radius 1 is 0.833 bits per heavy atom. The normalized spacial score (nSPS) is 17.2. The number of benzene rings is 3. The summed E-state index contributed by atoms with van der Waals surface area (Å²) < 4.78 is 9.23. The number of alkyl halides is 2. The topological polar surface area (TPSA) is 106 Å². The van der Waals surface area contributed by atoms with Crippen molar-refractivity contribution in [2.75, 3.05) is 23.1 Å². The van der Waals surface area contributed by atoms with Gasteiger partial charge in [-0.15, -0.1) is 23.2 Å². The lowest BCUT2D eigenvalue weighted by Crippen LogP contribution is -2.27. The fourth-order valence-corrected chi connectivity index (χ4v) is 5.89. The second kappa shape index (κ2) is 12.4. The minimum Gasteiger partial charge on any atom is -0.495 e. The van der Waals surface area contributed by atoms with Gasteiger partial charge in [-0.3, -0.25) is 14.9 Å². The van der Waals surface area contributed by atoms with Crippen molar-refractivity contribution in [3.05, 3.63) is 80.8 Å². The minimum absolute atomic E-state index is 0.0870. The standard InChI is InChI=1S/C29H26Cl5N3O5/c1-28(2,3)42-27(40)37-21-13-18(6-8-22(21)41-4)35-25(38)19-12-17(5-7-20(19)32)36-26(39)24-23(29(24,33)34)14-9-15(30)11-16(31)10-14/h5-13,23-24H,1-4H3,(H,35,38)(H,36,39)(H,37,40)/t23-,24+/m0/s1. The number of hydrogen-bond acceptors (Lipinski definition) is 5. The van der Waals surface area contributed by atoms with Crippen molar-refractivity contribution in [3.8, 4) is 5.75 Å². The van der Waals surface area contributed by atoms with Crippen molar-refractivity contribution in [1.82, 2.24) is 0 Å². The summed E-state index contributed by atoms with van der Waals surface area (Å²) in [6, 6.07) is 14.0. The van der Waals surface area contributed by atoms with Crippen molar-refractivity contribution in [3.63, 3.8) is 0 Å². The Morgan fingerprint density at radius 3 is 2.07 bits per heavy atom. The van der Waals surface area contributed by atoms with Crippen LogP contribution in [0.2, 0.25) is 15.1 Å². The maximum Gasteiger partial charge on any atom is 0.412 e. The molecule has 2 atom stereocenters. The maximum absolute atomic E-state index is 13.2. The lowest BCUT2D eigenvalue weighted by molar-refractivity contribution is -0.117. The third-order valence-electron chi connectivity index (χ3n) is 6.15. The molecular formula is C29H26Cl5N3O5. The van der Waals surface area contributed by atoms with Crippen LogP contribution in [0.25, 0.3) is 0 Å². The van der Waals surface area contributed by atoms with Crippen molar-refractivity contribution in [2.24, 2.45) is 5.92 Å². The molecule has 0 heterocycles. The largest absolute Gasteiger partial charge is 0.495 e. The molecule has 4 rings (SSSR count). The molecule has 0 unspecified atom stereocenters. The summed E-state index contributed by atoms with van der Waals surface area (Å²) in [5.74, 6) is -1.99. The summed E-state index contributed by atoms with van der Waals surface area (Å²) in [5.41, 5.74) is 0.932. The van der Waals surface area contributed by atoms with Gasteiger partial charge in [0.25, 0.3) is 5.91 Å². The minimum atomic E-state index is -1.37. The van der Waals surface area contributed by atoms with Gasteiger partial charge in [-0.2, -0.15) is 0 Å². The van der Waals surface area contributed by atoms with Gasteiger partial charge >= 0.3 is 6.09 Å². The van der Waals surface area contributed by atoms with Crippen LogP contribution < -0.4 is 20.7 Å². The number of carbonyl (C=O) groups is 3. The molecule has 1 saturated carbocycles. The van der Waals surface area contributed by atoms with Crippen LogP contribution in [0.1, 0.15) is 42.6 Å². The van der Waals surface area contributed by atoms with Crippen LogP contribution >= 0.6 is 58.0 Å². The molecule has 0 spiro atoms. The summed E-state index contributed by atoms with van der Waals surface area (Å²) in [4.78, 5) is 38.6. The first-order chi connectivity index (χ1) is 19.6. The number of halogens is 5. The van der Waals surface area contributed by atoms with E-state index in [2.05, 4.69) is 16.0 Å². The molecule has 3 aromatic rings. The zero-order valence-corrected chi connectivity index (χ0v) is 26.6. The highest BCUT2D eigenvalue weighted by Gasteiger charge is 2.67. The fraction of sp³-hybridized carbons (Fsp3) is 0.276. The second-order valence-electron chi connectivity index (χ2n) is 10.5. The molecule has 13 heteroatoms. The number of methoxy groups -OCH3 is 1. The lowest BCUT2D eigenvalue weighted by Gasteiger charge is -2.20. The first kappa shape index (κ1) is 32.0. The van der Waals surface area contributed by atoms with Crippen LogP contribution in [-0.2, 0) is 9.53 Å². The number of hydrogen-bond donors (Lipinski definition) is 3. The van der Waals surface area contributed by atoms with E-state index in [1.54, 1.807) is 57.2 Å². The third kappa shape index (κ3) is 7.54. The summed E-state index contributed by atoms with van der Waals surface area (Å²) in [6.45, 7) is 5.21. The Labute approximate surface area is 267 Å². The summed E-state index contributed by atoms with van der Waals surface area (Å²) in [5, 5.41) is 9.02. The Balaban J connectivity index is 1.48. The second-order valence-corrected chi connectivity index (χ2v) is 13.2. The Bertz CT molecular complexity index is 1540. The van der Waals surface area contributed by atoms with Crippen LogP contribution in [0.5, 0.6) is 5.75 Å². The molecule has 1 aliphatic carbocycles. The highest BCUT2D eigenvalue weighted by Crippen LogP contribution is 2.65. The van der Waals surface area contributed by atoms with Gasteiger partial charge in [0, 0.05) is 27.3 Å². The molecule has 3 N–H and O–H groups in total. The van der Waals surface area contributed by atoms with E-state index in [9.17, 15) is 14.4 Å². The highest BCUT2D eigenvalue weighted by molar-refractivity contribution is 6.53. The zero-order valence-electron chi connectivity index (χ0n) is 22.8. The monoisotopic (exact) mass is 671 g/mol. The lowest BCUT2D eigenvalue weighted by atomic mass is 10.1. The van der Waals surface area contributed by atoms with Crippen molar-refractivity contribution in [2.45, 2.75) is 36.6 Å². The van der Waals surface area contributed by atoms with E-state index in [4.69, 9.17) is 67.5 Å².